The second-order valence-corrected chi connectivity index (χ2v) is 8.97. The zero-order valence-corrected chi connectivity index (χ0v) is 17.9. The van der Waals surface area contributed by atoms with Gasteiger partial charge in [-0.3, -0.25) is 4.79 Å². The summed E-state index contributed by atoms with van der Waals surface area (Å²) in [6.07, 6.45) is 4.53. The third kappa shape index (κ3) is 4.55. The standard InChI is InChI=1S/C24H33N3O2/c1-17(2)26-14-11-20(12-15-26)29-22-8-4-7-19-9-10-21(25-23(19)22)24(28)27-13-5-6-18(3)16-27/h4,7-10,17-18,20H,5-6,11-16H2,1-3H3. The topological polar surface area (TPSA) is 45.7 Å². The lowest BCUT2D eigenvalue weighted by molar-refractivity contribution is 0.0677. The maximum Gasteiger partial charge on any atom is 0.272 e. The van der Waals surface area contributed by atoms with E-state index in [-0.39, 0.29) is 12.0 Å². The van der Waals surface area contributed by atoms with Crippen molar-refractivity contribution < 1.29 is 9.53 Å². The average Bonchev–Trinajstić information content (AvgIpc) is 2.73. The van der Waals surface area contributed by atoms with Crippen molar-refractivity contribution in [3.63, 3.8) is 0 Å². The molecule has 1 amide bonds. The van der Waals surface area contributed by atoms with Crippen molar-refractivity contribution >= 4 is 16.8 Å². The minimum absolute atomic E-state index is 0.0403. The van der Waals surface area contributed by atoms with Gasteiger partial charge in [-0.05, 0) is 57.6 Å². The summed E-state index contributed by atoms with van der Waals surface area (Å²) in [4.78, 5) is 22.2. The highest BCUT2D eigenvalue weighted by Gasteiger charge is 2.25. The first-order valence-electron chi connectivity index (χ1n) is 11.1. The first-order chi connectivity index (χ1) is 14.0. The molecule has 0 bridgehead atoms. The van der Waals surface area contributed by atoms with Gasteiger partial charge in [0.25, 0.3) is 5.91 Å². The minimum Gasteiger partial charge on any atom is -0.488 e. The Morgan fingerprint density at radius 2 is 1.90 bits per heavy atom. The highest BCUT2D eigenvalue weighted by atomic mass is 16.5. The lowest BCUT2D eigenvalue weighted by Gasteiger charge is -2.34. The second kappa shape index (κ2) is 8.70. The van der Waals surface area contributed by atoms with E-state index in [1.165, 1.54) is 6.42 Å². The van der Waals surface area contributed by atoms with Crippen LogP contribution in [0, 0.1) is 5.92 Å². The predicted octanol–water partition coefficient (Wildman–Crippen LogP) is 4.36. The van der Waals surface area contributed by atoms with Gasteiger partial charge in [-0.25, -0.2) is 4.98 Å². The van der Waals surface area contributed by atoms with Crippen LogP contribution < -0.4 is 4.74 Å². The van der Waals surface area contributed by atoms with Gasteiger partial charge in [-0.2, -0.15) is 0 Å². The zero-order valence-electron chi connectivity index (χ0n) is 17.9. The first-order valence-corrected chi connectivity index (χ1v) is 11.1. The molecule has 1 atom stereocenters. The molecule has 2 aliphatic rings. The number of aromatic nitrogens is 1. The first kappa shape index (κ1) is 20.1. The Balaban J connectivity index is 1.53. The molecule has 1 aromatic heterocycles. The fraction of sp³-hybridized carbons (Fsp3) is 0.583. The van der Waals surface area contributed by atoms with Gasteiger partial charge >= 0.3 is 0 Å². The van der Waals surface area contributed by atoms with Crippen molar-refractivity contribution in [2.45, 2.75) is 58.6 Å². The van der Waals surface area contributed by atoms with E-state index < -0.39 is 0 Å². The fourth-order valence-electron chi connectivity index (χ4n) is 4.56. The van der Waals surface area contributed by atoms with Crippen LogP contribution in [0.2, 0.25) is 0 Å². The number of piperidine rings is 2. The third-order valence-corrected chi connectivity index (χ3v) is 6.35. The molecule has 2 aliphatic heterocycles. The molecule has 2 saturated heterocycles. The largest absolute Gasteiger partial charge is 0.488 e. The highest BCUT2D eigenvalue weighted by Crippen LogP contribution is 2.28. The predicted molar refractivity (Wildman–Crippen MR) is 116 cm³/mol. The van der Waals surface area contributed by atoms with E-state index in [2.05, 4.69) is 25.7 Å². The minimum atomic E-state index is 0.0403. The lowest BCUT2D eigenvalue weighted by atomic mass is 10.00. The molecule has 0 N–H and O–H groups in total. The third-order valence-electron chi connectivity index (χ3n) is 6.35. The van der Waals surface area contributed by atoms with Gasteiger partial charge in [0.1, 0.15) is 23.1 Å². The summed E-state index contributed by atoms with van der Waals surface area (Å²) >= 11 is 0. The number of amides is 1. The van der Waals surface area contributed by atoms with Gasteiger partial charge in [0.2, 0.25) is 0 Å². The van der Waals surface area contributed by atoms with Crippen LogP contribution in [0.15, 0.2) is 30.3 Å². The molecule has 0 radical (unpaired) electrons. The normalized spacial score (nSPS) is 21.7. The monoisotopic (exact) mass is 395 g/mol. The van der Waals surface area contributed by atoms with Crippen LogP contribution in [0.5, 0.6) is 5.75 Å². The average molecular weight is 396 g/mol. The molecule has 1 aromatic carbocycles. The van der Waals surface area contributed by atoms with E-state index in [1.54, 1.807) is 0 Å². The molecule has 2 aromatic rings. The summed E-state index contributed by atoms with van der Waals surface area (Å²) in [6.45, 7) is 10.5. The number of carbonyl (C=O) groups excluding carboxylic acids is 1. The number of ether oxygens (including phenoxy) is 1. The van der Waals surface area contributed by atoms with Crippen molar-refractivity contribution in [1.82, 2.24) is 14.8 Å². The molecule has 3 heterocycles. The molecule has 4 rings (SSSR count). The smallest absolute Gasteiger partial charge is 0.272 e. The van der Waals surface area contributed by atoms with Crippen molar-refractivity contribution in [1.29, 1.82) is 0 Å². The van der Waals surface area contributed by atoms with Crippen molar-refractivity contribution in [3.05, 3.63) is 36.0 Å². The number of carbonyl (C=O) groups is 1. The van der Waals surface area contributed by atoms with Crippen LogP contribution in [0.1, 0.15) is 56.9 Å². The number of fused-ring (bicyclic) bond motifs is 1. The number of nitrogens with zero attached hydrogens (tertiary/aromatic N) is 3. The number of para-hydroxylation sites is 1. The molecule has 1 unspecified atom stereocenters. The maximum atomic E-state index is 13.0. The summed E-state index contributed by atoms with van der Waals surface area (Å²) in [5.74, 6) is 1.40. The van der Waals surface area contributed by atoms with Crippen LogP contribution in [-0.4, -0.2) is 59.0 Å². The summed E-state index contributed by atoms with van der Waals surface area (Å²) in [6, 6.07) is 10.5. The molecular weight excluding hydrogens is 362 g/mol. The zero-order chi connectivity index (χ0) is 20.4. The SMILES string of the molecule is CC1CCCN(C(=O)c2ccc3cccc(OC4CCN(C(C)C)CC4)c3n2)C1. The number of hydrogen-bond donors (Lipinski definition) is 0. The molecule has 5 nitrogen and oxygen atoms in total. The number of likely N-dealkylation sites (tertiary alicyclic amines) is 2. The fourth-order valence-corrected chi connectivity index (χ4v) is 4.56. The van der Waals surface area contributed by atoms with Gasteiger partial charge in [-0.1, -0.05) is 25.1 Å². The van der Waals surface area contributed by atoms with Crippen LogP contribution in [0.3, 0.4) is 0 Å². The van der Waals surface area contributed by atoms with E-state index in [4.69, 9.17) is 9.72 Å². The van der Waals surface area contributed by atoms with E-state index in [1.807, 2.05) is 35.2 Å². The van der Waals surface area contributed by atoms with Gasteiger partial charge in [0.05, 0.1) is 0 Å². The van der Waals surface area contributed by atoms with E-state index >= 15 is 0 Å². The van der Waals surface area contributed by atoms with Crippen LogP contribution in [0.25, 0.3) is 10.9 Å². The molecule has 0 spiro atoms. The van der Waals surface area contributed by atoms with Crippen LogP contribution in [-0.2, 0) is 0 Å². The van der Waals surface area contributed by atoms with E-state index in [0.717, 1.165) is 62.1 Å². The number of pyridine rings is 1. The molecule has 0 aliphatic carbocycles. The van der Waals surface area contributed by atoms with Crippen LogP contribution in [0.4, 0.5) is 0 Å². The van der Waals surface area contributed by atoms with Gasteiger partial charge < -0.3 is 14.5 Å². The summed E-state index contributed by atoms with van der Waals surface area (Å²) in [5, 5.41) is 1.02. The summed E-state index contributed by atoms with van der Waals surface area (Å²) in [5.41, 5.74) is 1.33. The Kier molecular flexibility index (Phi) is 6.04. The van der Waals surface area contributed by atoms with E-state index in [9.17, 15) is 4.79 Å². The summed E-state index contributed by atoms with van der Waals surface area (Å²) in [7, 11) is 0. The van der Waals surface area contributed by atoms with Gasteiger partial charge in [0, 0.05) is 37.6 Å². The van der Waals surface area contributed by atoms with E-state index in [0.29, 0.717) is 17.7 Å². The number of hydrogen-bond acceptors (Lipinski definition) is 4. The van der Waals surface area contributed by atoms with Crippen molar-refractivity contribution in [2.24, 2.45) is 5.92 Å². The Labute approximate surface area is 174 Å². The Hall–Kier alpha value is -2.14. The van der Waals surface area contributed by atoms with Crippen molar-refractivity contribution in [3.8, 4) is 5.75 Å². The van der Waals surface area contributed by atoms with Crippen LogP contribution >= 0.6 is 0 Å². The molecule has 156 valence electrons. The van der Waals surface area contributed by atoms with Crippen molar-refractivity contribution in [2.75, 3.05) is 26.2 Å². The quantitative estimate of drug-likeness (QED) is 0.772. The Bertz CT molecular complexity index is 858. The molecule has 0 saturated carbocycles. The lowest BCUT2D eigenvalue weighted by Crippen LogP contribution is -2.41. The maximum absolute atomic E-state index is 13.0. The summed E-state index contributed by atoms with van der Waals surface area (Å²) < 4.78 is 6.38. The van der Waals surface area contributed by atoms with Gasteiger partial charge in [-0.15, -0.1) is 0 Å². The highest BCUT2D eigenvalue weighted by molar-refractivity contribution is 5.96. The van der Waals surface area contributed by atoms with Gasteiger partial charge in [0.15, 0.2) is 0 Å². The Morgan fingerprint density at radius 1 is 1.10 bits per heavy atom. The molecule has 29 heavy (non-hydrogen) atoms. The second-order valence-electron chi connectivity index (χ2n) is 8.97. The Morgan fingerprint density at radius 3 is 2.62 bits per heavy atom. The number of benzene rings is 1. The molecule has 5 heteroatoms. The molecular formula is C24H33N3O2. The molecule has 2 fully saturated rings. The number of rotatable bonds is 4.